The summed E-state index contributed by atoms with van der Waals surface area (Å²) in [7, 11) is 2.06. The number of benzene rings is 2. The van der Waals surface area contributed by atoms with Crippen LogP contribution in [0.3, 0.4) is 0 Å². The molecule has 0 radical (unpaired) electrons. The van der Waals surface area contributed by atoms with Crippen LogP contribution < -0.4 is 10.3 Å². The molecule has 4 rings (SSSR count). The maximum absolute atomic E-state index is 5.98. The molecule has 104 valence electrons. The maximum atomic E-state index is 5.98. The second-order valence-corrected chi connectivity index (χ2v) is 5.87. The number of H-pyrrole nitrogens is 1. The number of aromatic amines is 1. The highest BCUT2D eigenvalue weighted by Crippen LogP contribution is 2.36. The summed E-state index contributed by atoms with van der Waals surface area (Å²) >= 11 is 0. The predicted octanol–water partition coefficient (Wildman–Crippen LogP) is 3.50. The number of hydrogen-bond donors (Lipinski definition) is 2. The molecule has 0 aliphatic rings. The van der Waals surface area contributed by atoms with Gasteiger partial charge >= 0.3 is 0 Å². The van der Waals surface area contributed by atoms with E-state index in [1.165, 1.54) is 38.2 Å². The third kappa shape index (κ3) is 1.57. The molecule has 0 unspecified atom stereocenters. The van der Waals surface area contributed by atoms with Crippen LogP contribution in [0.2, 0.25) is 0 Å². The number of nitrogens with two attached hydrogens (primary N) is 1. The highest BCUT2D eigenvalue weighted by molar-refractivity contribution is 6.16. The summed E-state index contributed by atoms with van der Waals surface area (Å²) in [5, 5.41) is 5.10. The number of aromatic nitrogens is 2. The SMILES string of the molecule is Cc1c2cc[n+](C)cc2c(C)c2c1[nH]c1ccc(N)cc12. The standard InChI is InChI=1S/C18H17N3/c1-10-15-9-21(3)7-6-13(15)11(2)18-17(10)14-8-12(19)4-5-16(14)20-18/h4-9H,19H2,1-3H3/p+1. The van der Waals surface area contributed by atoms with Gasteiger partial charge in [-0.2, -0.15) is 0 Å². The lowest BCUT2D eigenvalue weighted by Crippen LogP contribution is -2.26. The monoisotopic (exact) mass is 276 g/mol. The number of aryl methyl sites for hydroxylation is 3. The van der Waals surface area contributed by atoms with Crippen LogP contribution >= 0.6 is 0 Å². The number of anilines is 1. The van der Waals surface area contributed by atoms with Crippen molar-refractivity contribution in [3.05, 3.63) is 47.8 Å². The Bertz CT molecular complexity index is 1030. The molecule has 0 spiro atoms. The molecule has 3 N–H and O–H groups in total. The Morgan fingerprint density at radius 3 is 2.62 bits per heavy atom. The van der Waals surface area contributed by atoms with Gasteiger partial charge in [-0.3, -0.25) is 0 Å². The number of nitrogen functional groups attached to an aromatic ring is 1. The van der Waals surface area contributed by atoms with E-state index in [0.717, 1.165) is 11.2 Å². The van der Waals surface area contributed by atoms with Crippen molar-refractivity contribution in [3.63, 3.8) is 0 Å². The molecule has 0 aliphatic heterocycles. The first-order valence-electron chi connectivity index (χ1n) is 7.15. The van der Waals surface area contributed by atoms with Crippen LogP contribution in [0.4, 0.5) is 5.69 Å². The summed E-state index contributed by atoms with van der Waals surface area (Å²) < 4.78 is 2.10. The second-order valence-electron chi connectivity index (χ2n) is 5.87. The van der Waals surface area contributed by atoms with Crippen LogP contribution in [0.25, 0.3) is 32.6 Å². The molecule has 2 heterocycles. The zero-order chi connectivity index (χ0) is 14.7. The van der Waals surface area contributed by atoms with Crippen LogP contribution in [0.1, 0.15) is 11.1 Å². The Kier molecular flexibility index (Phi) is 2.31. The summed E-state index contributed by atoms with van der Waals surface area (Å²) in [5.41, 5.74) is 11.7. The number of nitrogens with zero attached hydrogens (tertiary/aromatic N) is 1. The largest absolute Gasteiger partial charge is 0.399 e. The molecule has 3 heteroatoms. The van der Waals surface area contributed by atoms with Gasteiger partial charge in [-0.25, -0.2) is 4.57 Å². The number of nitrogens with one attached hydrogen (secondary N) is 1. The van der Waals surface area contributed by atoms with Gasteiger partial charge < -0.3 is 10.7 Å². The minimum Gasteiger partial charge on any atom is -0.399 e. The van der Waals surface area contributed by atoms with Gasteiger partial charge in [-0.1, -0.05) is 0 Å². The molecule has 21 heavy (non-hydrogen) atoms. The van der Waals surface area contributed by atoms with Gasteiger partial charge in [-0.05, 0) is 48.6 Å². The number of pyridine rings is 1. The van der Waals surface area contributed by atoms with E-state index in [4.69, 9.17) is 5.73 Å². The van der Waals surface area contributed by atoms with Gasteiger partial charge in [0.1, 0.15) is 7.05 Å². The van der Waals surface area contributed by atoms with Crippen LogP contribution in [0, 0.1) is 13.8 Å². The van der Waals surface area contributed by atoms with Gasteiger partial charge in [0.2, 0.25) is 0 Å². The van der Waals surface area contributed by atoms with Crippen molar-refractivity contribution >= 4 is 38.3 Å². The molecular weight excluding hydrogens is 258 g/mol. The number of hydrogen-bond acceptors (Lipinski definition) is 1. The van der Waals surface area contributed by atoms with E-state index in [9.17, 15) is 0 Å². The lowest BCUT2D eigenvalue weighted by atomic mass is 9.97. The van der Waals surface area contributed by atoms with Crippen molar-refractivity contribution in [3.8, 4) is 0 Å². The second kappa shape index (κ2) is 3.98. The minimum absolute atomic E-state index is 0.805. The normalized spacial score (nSPS) is 11.8. The molecule has 0 amide bonds. The molecule has 0 fully saturated rings. The fourth-order valence-corrected chi connectivity index (χ4v) is 3.37. The van der Waals surface area contributed by atoms with E-state index >= 15 is 0 Å². The molecule has 3 nitrogen and oxygen atoms in total. The van der Waals surface area contributed by atoms with Crippen molar-refractivity contribution in [1.29, 1.82) is 0 Å². The molecule has 0 bridgehead atoms. The number of rotatable bonds is 0. The summed E-state index contributed by atoms with van der Waals surface area (Å²) in [4.78, 5) is 3.56. The first-order valence-corrected chi connectivity index (χ1v) is 7.15. The summed E-state index contributed by atoms with van der Waals surface area (Å²) in [6.07, 6.45) is 4.30. The third-order valence-corrected chi connectivity index (χ3v) is 4.48. The topological polar surface area (TPSA) is 45.7 Å². The lowest BCUT2D eigenvalue weighted by Gasteiger charge is -2.07. The van der Waals surface area contributed by atoms with Gasteiger partial charge in [0, 0.05) is 33.4 Å². The van der Waals surface area contributed by atoms with Crippen LogP contribution in [0.15, 0.2) is 36.7 Å². The zero-order valence-electron chi connectivity index (χ0n) is 12.5. The average molecular weight is 276 g/mol. The van der Waals surface area contributed by atoms with Gasteiger partial charge in [-0.15, -0.1) is 0 Å². The van der Waals surface area contributed by atoms with Crippen LogP contribution in [0.5, 0.6) is 0 Å². The van der Waals surface area contributed by atoms with E-state index in [0.29, 0.717) is 0 Å². The third-order valence-electron chi connectivity index (χ3n) is 4.48. The quantitative estimate of drug-likeness (QED) is 0.375. The van der Waals surface area contributed by atoms with E-state index in [1.807, 2.05) is 6.07 Å². The molecule has 2 aromatic carbocycles. The van der Waals surface area contributed by atoms with Crippen molar-refractivity contribution in [2.24, 2.45) is 7.05 Å². The molecule has 2 aromatic heterocycles. The van der Waals surface area contributed by atoms with E-state index in [2.05, 4.69) is 61.0 Å². The molecule has 0 atom stereocenters. The molecule has 0 aliphatic carbocycles. The maximum Gasteiger partial charge on any atom is 0.176 e. The molecule has 4 aromatic rings. The van der Waals surface area contributed by atoms with Gasteiger partial charge in [0.25, 0.3) is 0 Å². The Morgan fingerprint density at radius 1 is 1.00 bits per heavy atom. The van der Waals surface area contributed by atoms with Crippen molar-refractivity contribution in [2.75, 3.05) is 5.73 Å². The Labute approximate surface area is 123 Å². The van der Waals surface area contributed by atoms with Crippen molar-refractivity contribution in [2.45, 2.75) is 13.8 Å². The Balaban J connectivity index is 2.34. The molecule has 0 saturated carbocycles. The van der Waals surface area contributed by atoms with E-state index in [-0.39, 0.29) is 0 Å². The molecular formula is C18H18N3+. The predicted molar refractivity (Wildman–Crippen MR) is 88.4 cm³/mol. The summed E-state index contributed by atoms with van der Waals surface area (Å²) in [6.45, 7) is 4.38. The van der Waals surface area contributed by atoms with Crippen LogP contribution in [-0.2, 0) is 7.05 Å². The Morgan fingerprint density at radius 2 is 1.81 bits per heavy atom. The summed E-state index contributed by atoms with van der Waals surface area (Å²) in [6, 6.07) is 8.27. The number of fused-ring (bicyclic) bond motifs is 4. The minimum atomic E-state index is 0.805. The van der Waals surface area contributed by atoms with E-state index in [1.54, 1.807) is 0 Å². The fourth-order valence-electron chi connectivity index (χ4n) is 3.37. The average Bonchev–Trinajstić information content (AvgIpc) is 2.83. The zero-order valence-corrected chi connectivity index (χ0v) is 12.5. The van der Waals surface area contributed by atoms with Gasteiger partial charge in [0.15, 0.2) is 12.4 Å². The first kappa shape index (κ1) is 12.2. The lowest BCUT2D eigenvalue weighted by molar-refractivity contribution is -0.670. The van der Waals surface area contributed by atoms with E-state index < -0.39 is 0 Å². The van der Waals surface area contributed by atoms with Crippen LogP contribution in [-0.4, -0.2) is 4.98 Å². The first-order chi connectivity index (χ1) is 10.1. The smallest absolute Gasteiger partial charge is 0.176 e. The highest BCUT2D eigenvalue weighted by atomic mass is 14.9. The van der Waals surface area contributed by atoms with Crippen molar-refractivity contribution in [1.82, 2.24) is 4.98 Å². The summed E-state index contributed by atoms with van der Waals surface area (Å²) in [5.74, 6) is 0. The molecule has 0 saturated heterocycles. The Hall–Kier alpha value is -2.55. The van der Waals surface area contributed by atoms with Crippen molar-refractivity contribution < 1.29 is 4.57 Å². The van der Waals surface area contributed by atoms with Gasteiger partial charge in [0.05, 0.1) is 5.52 Å². The highest BCUT2D eigenvalue weighted by Gasteiger charge is 2.15. The fraction of sp³-hybridized carbons (Fsp3) is 0.167.